The molecule has 4 rings (SSSR count). The fraction of sp³-hybridized carbons (Fsp3) is 0.167. The Morgan fingerprint density at radius 1 is 1.00 bits per heavy atom. The van der Waals surface area contributed by atoms with Crippen LogP contribution in [0.25, 0.3) is 10.2 Å². The minimum Gasteiger partial charge on any atom is -0.324 e. The predicted octanol–water partition coefficient (Wildman–Crippen LogP) is 5.42. The maximum absolute atomic E-state index is 13.2. The van der Waals surface area contributed by atoms with E-state index in [4.69, 9.17) is 4.98 Å². The SMILES string of the molecule is Cc1ccc(NC(=O)[C@@H](c2ccccc2)N(C)Cc2nc3ccccc3s2)cc1. The molecule has 1 atom stereocenters. The van der Waals surface area contributed by atoms with Crippen molar-refractivity contribution in [3.8, 4) is 0 Å². The van der Waals surface area contributed by atoms with Gasteiger partial charge in [0, 0.05) is 5.69 Å². The van der Waals surface area contributed by atoms with Gasteiger partial charge in [0.2, 0.25) is 5.91 Å². The molecule has 4 aromatic rings. The van der Waals surface area contributed by atoms with E-state index in [-0.39, 0.29) is 5.91 Å². The van der Waals surface area contributed by atoms with Gasteiger partial charge in [-0.05, 0) is 43.8 Å². The van der Waals surface area contributed by atoms with E-state index in [1.807, 2.05) is 86.8 Å². The van der Waals surface area contributed by atoms with Gasteiger partial charge < -0.3 is 5.32 Å². The highest BCUT2D eigenvalue weighted by molar-refractivity contribution is 7.18. The Labute approximate surface area is 174 Å². The van der Waals surface area contributed by atoms with Crippen molar-refractivity contribution in [1.82, 2.24) is 9.88 Å². The first-order valence-electron chi connectivity index (χ1n) is 9.57. The van der Waals surface area contributed by atoms with Crippen LogP contribution >= 0.6 is 11.3 Å². The number of rotatable bonds is 6. The summed E-state index contributed by atoms with van der Waals surface area (Å²) in [6.45, 7) is 2.63. The molecule has 1 heterocycles. The van der Waals surface area contributed by atoms with Crippen molar-refractivity contribution in [3.63, 3.8) is 0 Å². The number of fused-ring (bicyclic) bond motifs is 1. The standard InChI is InChI=1S/C24H23N3OS/c1-17-12-14-19(15-13-17)25-24(28)23(18-8-4-3-5-9-18)27(2)16-22-26-20-10-6-7-11-21(20)29-22/h3-15,23H,16H2,1-2H3,(H,25,28)/t23-/m1/s1. The van der Waals surface area contributed by atoms with E-state index in [0.717, 1.165) is 32.0 Å². The van der Waals surface area contributed by atoms with Crippen LogP contribution in [0.1, 0.15) is 22.2 Å². The van der Waals surface area contributed by atoms with Gasteiger partial charge in [-0.15, -0.1) is 11.3 Å². The number of benzene rings is 3. The molecule has 0 radical (unpaired) electrons. The fourth-order valence-electron chi connectivity index (χ4n) is 3.38. The van der Waals surface area contributed by atoms with Crippen molar-refractivity contribution in [2.45, 2.75) is 19.5 Å². The molecule has 0 aliphatic heterocycles. The predicted molar refractivity (Wildman–Crippen MR) is 120 cm³/mol. The van der Waals surface area contributed by atoms with Crippen molar-refractivity contribution >= 4 is 33.1 Å². The number of nitrogens with one attached hydrogen (secondary N) is 1. The number of nitrogens with zero attached hydrogens (tertiary/aromatic N) is 2. The van der Waals surface area contributed by atoms with E-state index in [2.05, 4.69) is 16.3 Å². The van der Waals surface area contributed by atoms with Crippen molar-refractivity contribution in [2.75, 3.05) is 12.4 Å². The van der Waals surface area contributed by atoms with E-state index in [9.17, 15) is 4.79 Å². The quantitative estimate of drug-likeness (QED) is 0.469. The lowest BCUT2D eigenvalue weighted by atomic mass is 10.0. The molecule has 0 aliphatic carbocycles. The van der Waals surface area contributed by atoms with Crippen molar-refractivity contribution in [2.24, 2.45) is 0 Å². The van der Waals surface area contributed by atoms with Crippen molar-refractivity contribution in [3.05, 3.63) is 95.0 Å². The molecule has 0 unspecified atom stereocenters. The molecule has 1 N–H and O–H groups in total. The Hall–Kier alpha value is -3.02. The molecule has 0 fully saturated rings. The molecule has 146 valence electrons. The van der Waals surface area contributed by atoms with Gasteiger partial charge >= 0.3 is 0 Å². The number of hydrogen-bond acceptors (Lipinski definition) is 4. The van der Waals surface area contributed by atoms with Gasteiger partial charge in [-0.2, -0.15) is 0 Å². The van der Waals surface area contributed by atoms with E-state index in [0.29, 0.717) is 6.54 Å². The average Bonchev–Trinajstić information content (AvgIpc) is 3.13. The number of aryl methyl sites for hydroxylation is 1. The summed E-state index contributed by atoms with van der Waals surface area (Å²) in [5.41, 5.74) is 3.92. The van der Waals surface area contributed by atoms with E-state index in [1.54, 1.807) is 11.3 Å². The van der Waals surface area contributed by atoms with Crippen molar-refractivity contribution < 1.29 is 4.79 Å². The van der Waals surface area contributed by atoms with Gasteiger partial charge in [-0.3, -0.25) is 9.69 Å². The largest absolute Gasteiger partial charge is 0.324 e. The van der Waals surface area contributed by atoms with E-state index < -0.39 is 6.04 Å². The first-order chi connectivity index (χ1) is 14.1. The Morgan fingerprint density at radius 3 is 2.41 bits per heavy atom. The second-order valence-electron chi connectivity index (χ2n) is 7.16. The molecule has 0 saturated heterocycles. The zero-order valence-corrected chi connectivity index (χ0v) is 17.3. The number of thiazole rings is 1. The fourth-order valence-corrected chi connectivity index (χ4v) is 4.41. The van der Waals surface area contributed by atoms with E-state index >= 15 is 0 Å². The molecule has 5 heteroatoms. The summed E-state index contributed by atoms with van der Waals surface area (Å²) < 4.78 is 1.16. The monoisotopic (exact) mass is 401 g/mol. The lowest BCUT2D eigenvalue weighted by molar-refractivity contribution is -0.121. The Kier molecular flexibility index (Phi) is 5.69. The maximum Gasteiger partial charge on any atom is 0.246 e. The molecule has 29 heavy (non-hydrogen) atoms. The van der Waals surface area contributed by atoms with Crippen LogP contribution in [0, 0.1) is 6.92 Å². The molecule has 4 nitrogen and oxygen atoms in total. The van der Waals surface area contributed by atoms with Crippen LogP contribution in [-0.2, 0) is 11.3 Å². The molecule has 1 amide bonds. The summed E-state index contributed by atoms with van der Waals surface area (Å²) in [5, 5.41) is 4.06. The summed E-state index contributed by atoms with van der Waals surface area (Å²) >= 11 is 1.67. The molecule has 0 spiro atoms. The lowest BCUT2D eigenvalue weighted by Gasteiger charge is -2.27. The van der Waals surface area contributed by atoms with Crippen LogP contribution in [0.4, 0.5) is 5.69 Å². The van der Waals surface area contributed by atoms with Gasteiger partial charge in [0.05, 0.1) is 16.8 Å². The number of para-hydroxylation sites is 1. The second kappa shape index (κ2) is 8.55. The zero-order chi connectivity index (χ0) is 20.2. The Balaban J connectivity index is 1.59. The molecule has 0 saturated carbocycles. The lowest BCUT2D eigenvalue weighted by Crippen LogP contribution is -2.34. The van der Waals surface area contributed by atoms with Crippen LogP contribution in [0.2, 0.25) is 0 Å². The molecule has 1 aromatic heterocycles. The average molecular weight is 402 g/mol. The van der Waals surface area contributed by atoms with Gasteiger partial charge in [0.1, 0.15) is 11.0 Å². The first-order valence-corrected chi connectivity index (χ1v) is 10.4. The summed E-state index contributed by atoms with van der Waals surface area (Å²) in [7, 11) is 1.97. The highest BCUT2D eigenvalue weighted by atomic mass is 32.1. The number of carbonyl (C=O) groups is 1. The Morgan fingerprint density at radius 2 is 1.69 bits per heavy atom. The van der Waals surface area contributed by atoms with E-state index in [1.165, 1.54) is 0 Å². The van der Waals surface area contributed by atoms with Gasteiger partial charge in [-0.1, -0.05) is 60.2 Å². The summed E-state index contributed by atoms with van der Waals surface area (Å²) in [6.07, 6.45) is 0. The normalized spacial score (nSPS) is 12.2. The number of hydrogen-bond donors (Lipinski definition) is 1. The van der Waals surface area contributed by atoms with Crippen LogP contribution in [0.15, 0.2) is 78.9 Å². The van der Waals surface area contributed by atoms with Gasteiger partial charge in [-0.25, -0.2) is 4.98 Å². The first kappa shape index (κ1) is 19.3. The molecular weight excluding hydrogens is 378 g/mol. The third-order valence-corrected chi connectivity index (χ3v) is 5.87. The van der Waals surface area contributed by atoms with Crippen molar-refractivity contribution in [1.29, 1.82) is 0 Å². The number of anilines is 1. The summed E-state index contributed by atoms with van der Waals surface area (Å²) in [6, 6.07) is 25.5. The number of carbonyl (C=O) groups excluding carboxylic acids is 1. The smallest absolute Gasteiger partial charge is 0.246 e. The topological polar surface area (TPSA) is 45.2 Å². The molecular formula is C24H23N3OS. The molecule has 0 bridgehead atoms. The third-order valence-electron chi connectivity index (χ3n) is 4.85. The van der Waals surface area contributed by atoms with Crippen LogP contribution < -0.4 is 5.32 Å². The summed E-state index contributed by atoms with van der Waals surface area (Å²) in [4.78, 5) is 20.0. The van der Waals surface area contributed by atoms with Crippen LogP contribution in [0.5, 0.6) is 0 Å². The Bertz CT molecular complexity index is 1070. The number of likely N-dealkylation sites (N-methyl/N-ethyl adjacent to an activating group) is 1. The minimum absolute atomic E-state index is 0.0522. The molecule has 0 aliphatic rings. The number of amides is 1. The zero-order valence-electron chi connectivity index (χ0n) is 16.5. The maximum atomic E-state index is 13.2. The molecule has 3 aromatic carbocycles. The number of aromatic nitrogens is 1. The van der Waals surface area contributed by atoms with Gasteiger partial charge in [0.25, 0.3) is 0 Å². The minimum atomic E-state index is -0.412. The summed E-state index contributed by atoms with van der Waals surface area (Å²) in [5.74, 6) is -0.0522. The highest BCUT2D eigenvalue weighted by Crippen LogP contribution is 2.27. The third kappa shape index (κ3) is 4.53. The van der Waals surface area contributed by atoms with Gasteiger partial charge in [0.15, 0.2) is 0 Å². The van der Waals surface area contributed by atoms with Crippen LogP contribution in [-0.4, -0.2) is 22.8 Å². The van der Waals surface area contributed by atoms with Crippen LogP contribution in [0.3, 0.4) is 0 Å². The highest BCUT2D eigenvalue weighted by Gasteiger charge is 2.26. The second-order valence-corrected chi connectivity index (χ2v) is 8.27.